The number of methoxy groups -OCH3 is 1. The molecule has 0 aliphatic heterocycles. The number of halogens is 2. The minimum Gasteiger partial charge on any atom is -0.497 e. The van der Waals surface area contributed by atoms with Gasteiger partial charge in [0, 0.05) is 12.7 Å². The van der Waals surface area contributed by atoms with Gasteiger partial charge < -0.3 is 10.1 Å². The van der Waals surface area contributed by atoms with Gasteiger partial charge in [0.1, 0.15) is 11.6 Å². The highest BCUT2D eigenvalue weighted by Crippen LogP contribution is 2.25. The Kier molecular flexibility index (Phi) is 4.28. The van der Waals surface area contributed by atoms with Gasteiger partial charge in [0.15, 0.2) is 0 Å². The highest BCUT2D eigenvalue weighted by atomic mass is 19.3. The number of anilines is 1. The van der Waals surface area contributed by atoms with E-state index >= 15 is 0 Å². The van der Waals surface area contributed by atoms with E-state index in [2.05, 4.69) is 10.3 Å². The Labute approximate surface area is 110 Å². The molecule has 0 amide bonds. The number of nitrogens with zero attached hydrogens (tertiary/aromatic N) is 1. The van der Waals surface area contributed by atoms with Gasteiger partial charge in [-0.1, -0.05) is 12.1 Å². The molecule has 0 bridgehead atoms. The zero-order valence-corrected chi connectivity index (χ0v) is 10.4. The lowest BCUT2D eigenvalue weighted by Gasteiger charge is -2.10. The minimum atomic E-state index is -2.54. The summed E-state index contributed by atoms with van der Waals surface area (Å²) in [6, 6.07) is 10.3. The van der Waals surface area contributed by atoms with Gasteiger partial charge in [0.05, 0.1) is 12.7 Å². The maximum absolute atomic E-state index is 12.8. The SMILES string of the molecule is COc1ccc(CNc2ncccc2C(F)F)cc1. The Morgan fingerprint density at radius 1 is 1.21 bits per heavy atom. The van der Waals surface area contributed by atoms with Gasteiger partial charge in [-0.05, 0) is 29.8 Å². The van der Waals surface area contributed by atoms with E-state index in [1.165, 1.54) is 18.3 Å². The summed E-state index contributed by atoms with van der Waals surface area (Å²) in [5, 5.41) is 2.92. The largest absolute Gasteiger partial charge is 0.497 e. The van der Waals surface area contributed by atoms with Crippen LogP contribution in [0.25, 0.3) is 0 Å². The molecule has 1 N–H and O–H groups in total. The van der Waals surface area contributed by atoms with Gasteiger partial charge in [0.25, 0.3) is 6.43 Å². The van der Waals surface area contributed by atoms with E-state index in [1.54, 1.807) is 7.11 Å². The van der Waals surface area contributed by atoms with E-state index in [-0.39, 0.29) is 11.4 Å². The normalized spacial score (nSPS) is 10.5. The Morgan fingerprint density at radius 2 is 1.95 bits per heavy atom. The van der Waals surface area contributed by atoms with Crippen LogP contribution in [0.4, 0.5) is 14.6 Å². The van der Waals surface area contributed by atoms with Crippen molar-refractivity contribution in [2.24, 2.45) is 0 Å². The van der Waals surface area contributed by atoms with Crippen LogP contribution < -0.4 is 10.1 Å². The highest BCUT2D eigenvalue weighted by Gasteiger charge is 2.12. The summed E-state index contributed by atoms with van der Waals surface area (Å²) in [6.07, 6.45) is -1.05. The molecule has 0 unspecified atom stereocenters. The van der Waals surface area contributed by atoms with Gasteiger partial charge in [-0.25, -0.2) is 13.8 Å². The summed E-state index contributed by atoms with van der Waals surface area (Å²) in [4.78, 5) is 3.93. The number of hydrogen-bond acceptors (Lipinski definition) is 3. The minimum absolute atomic E-state index is 0.0870. The molecule has 0 spiro atoms. The molecule has 0 saturated carbocycles. The van der Waals surface area contributed by atoms with Gasteiger partial charge >= 0.3 is 0 Å². The van der Waals surface area contributed by atoms with Gasteiger partial charge in [-0.3, -0.25) is 0 Å². The number of aromatic nitrogens is 1. The van der Waals surface area contributed by atoms with Crippen molar-refractivity contribution < 1.29 is 13.5 Å². The monoisotopic (exact) mass is 264 g/mol. The van der Waals surface area contributed by atoms with Crippen LogP contribution in [0.1, 0.15) is 17.6 Å². The molecule has 2 rings (SSSR count). The summed E-state index contributed by atoms with van der Waals surface area (Å²) < 4.78 is 30.6. The molecule has 0 radical (unpaired) electrons. The summed E-state index contributed by atoms with van der Waals surface area (Å²) in [6.45, 7) is 0.431. The molecule has 2 aromatic rings. The standard InChI is InChI=1S/C14H14F2N2O/c1-19-11-6-4-10(5-7-11)9-18-14-12(13(15)16)3-2-8-17-14/h2-8,13H,9H2,1H3,(H,17,18). The third kappa shape index (κ3) is 3.40. The molecule has 5 heteroatoms. The van der Waals surface area contributed by atoms with Crippen LogP contribution in [0.15, 0.2) is 42.6 Å². The molecule has 1 aromatic carbocycles. The Bertz CT molecular complexity index is 529. The molecule has 1 aromatic heterocycles. The van der Waals surface area contributed by atoms with Crippen LogP contribution in [0, 0.1) is 0 Å². The number of pyridine rings is 1. The predicted molar refractivity (Wildman–Crippen MR) is 69.5 cm³/mol. The van der Waals surface area contributed by atoms with Crippen LogP contribution in [-0.4, -0.2) is 12.1 Å². The van der Waals surface area contributed by atoms with Crippen molar-refractivity contribution in [3.63, 3.8) is 0 Å². The second-order valence-corrected chi connectivity index (χ2v) is 3.94. The lowest BCUT2D eigenvalue weighted by molar-refractivity contribution is 0.152. The molecule has 0 aliphatic rings. The number of ether oxygens (including phenoxy) is 1. The van der Waals surface area contributed by atoms with Crippen molar-refractivity contribution in [2.75, 3.05) is 12.4 Å². The lowest BCUT2D eigenvalue weighted by atomic mass is 10.2. The zero-order valence-electron chi connectivity index (χ0n) is 10.4. The van der Waals surface area contributed by atoms with Crippen molar-refractivity contribution in [3.05, 3.63) is 53.7 Å². The fourth-order valence-corrected chi connectivity index (χ4v) is 1.67. The average molecular weight is 264 g/mol. The Balaban J connectivity index is 2.05. The Hall–Kier alpha value is -2.17. The number of rotatable bonds is 5. The van der Waals surface area contributed by atoms with E-state index < -0.39 is 6.43 Å². The third-order valence-electron chi connectivity index (χ3n) is 2.69. The van der Waals surface area contributed by atoms with Crippen molar-refractivity contribution >= 4 is 5.82 Å². The molecule has 0 saturated heterocycles. The van der Waals surface area contributed by atoms with Crippen LogP contribution in [-0.2, 0) is 6.54 Å². The van der Waals surface area contributed by atoms with Crippen molar-refractivity contribution in [1.82, 2.24) is 4.98 Å². The fraction of sp³-hybridized carbons (Fsp3) is 0.214. The maximum Gasteiger partial charge on any atom is 0.267 e. The fourth-order valence-electron chi connectivity index (χ4n) is 1.67. The number of benzene rings is 1. The molecular formula is C14H14F2N2O. The molecular weight excluding hydrogens is 250 g/mol. The summed E-state index contributed by atoms with van der Waals surface area (Å²) in [5.41, 5.74) is 0.877. The predicted octanol–water partition coefficient (Wildman–Crippen LogP) is 3.64. The van der Waals surface area contributed by atoms with Crippen molar-refractivity contribution in [3.8, 4) is 5.75 Å². The van der Waals surface area contributed by atoms with Crippen LogP contribution in [0.2, 0.25) is 0 Å². The molecule has 0 aliphatic carbocycles. The Morgan fingerprint density at radius 3 is 2.58 bits per heavy atom. The van der Waals surface area contributed by atoms with Crippen molar-refractivity contribution in [2.45, 2.75) is 13.0 Å². The summed E-state index contributed by atoms with van der Waals surface area (Å²) in [5.74, 6) is 0.975. The first-order valence-corrected chi connectivity index (χ1v) is 5.80. The second-order valence-electron chi connectivity index (χ2n) is 3.94. The smallest absolute Gasteiger partial charge is 0.267 e. The lowest BCUT2D eigenvalue weighted by Crippen LogP contribution is -2.04. The first-order chi connectivity index (χ1) is 9.20. The second kappa shape index (κ2) is 6.13. The van der Waals surface area contributed by atoms with Crippen LogP contribution >= 0.6 is 0 Å². The first-order valence-electron chi connectivity index (χ1n) is 5.80. The van der Waals surface area contributed by atoms with Crippen LogP contribution in [0.5, 0.6) is 5.75 Å². The average Bonchev–Trinajstić information content (AvgIpc) is 2.46. The highest BCUT2D eigenvalue weighted by molar-refractivity contribution is 5.45. The first kappa shape index (κ1) is 13.3. The number of alkyl halides is 2. The molecule has 0 atom stereocenters. The van der Waals surface area contributed by atoms with Gasteiger partial charge in [0.2, 0.25) is 0 Å². The quantitative estimate of drug-likeness (QED) is 0.895. The number of nitrogens with one attached hydrogen (secondary N) is 1. The molecule has 1 heterocycles. The third-order valence-corrected chi connectivity index (χ3v) is 2.69. The number of hydrogen-bond donors (Lipinski definition) is 1. The van der Waals surface area contributed by atoms with E-state index in [1.807, 2.05) is 24.3 Å². The molecule has 0 fully saturated rings. The van der Waals surface area contributed by atoms with Crippen LogP contribution in [0.3, 0.4) is 0 Å². The molecule has 19 heavy (non-hydrogen) atoms. The summed E-state index contributed by atoms with van der Waals surface area (Å²) >= 11 is 0. The maximum atomic E-state index is 12.8. The molecule has 100 valence electrons. The van der Waals surface area contributed by atoms with Crippen molar-refractivity contribution in [1.29, 1.82) is 0 Å². The van der Waals surface area contributed by atoms with Gasteiger partial charge in [-0.15, -0.1) is 0 Å². The van der Waals surface area contributed by atoms with E-state index in [4.69, 9.17) is 4.74 Å². The van der Waals surface area contributed by atoms with E-state index in [0.717, 1.165) is 11.3 Å². The van der Waals surface area contributed by atoms with E-state index in [9.17, 15) is 8.78 Å². The van der Waals surface area contributed by atoms with Gasteiger partial charge in [-0.2, -0.15) is 0 Å². The molecule has 3 nitrogen and oxygen atoms in total. The van der Waals surface area contributed by atoms with E-state index in [0.29, 0.717) is 6.54 Å². The zero-order chi connectivity index (χ0) is 13.7. The topological polar surface area (TPSA) is 34.1 Å². The summed E-state index contributed by atoms with van der Waals surface area (Å²) in [7, 11) is 1.59.